The van der Waals surface area contributed by atoms with Gasteiger partial charge in [-0.3, -0.25) is 4.79 Å². The first kappa shape index (κ1) is 13.9. The standard InChI is InChI=1S/C13H17BrN4O/c1-4-17-8-10(14)7-11(17)13(19)16-12-5-6-15-18(12)9(2)3/h5-9H,4H2,1-3H3,(H,16,19). The van der Waals surface area contributed by atoms with E-state index in [4.69, 9.17) is 0 Å². The highest BCUT2D eigenvalue weighted by atomic mass is 79.9. The lowest BCUT2D eigenvalue weighted by atomic mass is 10.3. The third-order valence-corrected chi connectivity index (χ3v) is 3.27. The first-order chi connectivity index (χ1) is 9.02. The SMILES string of the molecule is CCn1cc(Br)cc1C(=O)Nc1ccnn1C(C)C. The maximum absolute atomic E-state index is 12.3. The van der Waals surface area contributed by atoms with Crippen LogP contribution in [0, 0.1) is 0 Å². The monoisotopic (exact) mass is 324 g/mol. The topological polar surface area (TPSA) is 51.9 Å². The van der Waals surface area contributed by atoms with Crippen LogP contribution in [0.3, 0.4) is 0 Å². The number of carbonyl (C=O) groups excluding carboxylic acids is 1. The fraction of sp³-hybridized carbons (Fsp3) is 0.385. The van der Waals surface area contributed by atoms with Crippen molar-refractivity contribution in [3.63, 3.8) is 0 Å². The molecule has 6 heteroatoms. The number of anilines is 1. The molecule has 0 atom stereocenters. The molecule has 0 aromatic carbocycles. The summed E-state index contributed by atoms with van der Waals surface area (Å²) in [4.78, 5) is 12.3. The molecule has 0 radical (unpaired) electrons. The zero-order chi connectivity index (χ0) is 14.0. The van der Waals surface area contributed by atoms with E-state index in [1.807, 2.05) is 37.6 Å². The van der Waals surface area contributed by atoms with Crippen LogP contribution in [0.25, 0.3) is 0 Å². The Bertz CT molecular complexity index is 585. The van der Waals surface area contributed by atoms with Gasteiger partial charge in [0.05, 0.1) is 6.20 Å². The molecule has 0 saturated carbocycles. The van der Waals surface area contributed by atoms with Crippen molar-refractivity contribution >= 4 is 27.7 Å². The Labute approximate surface area is 120 Å². The fourth-order valence-electron chi connectivity index (χ4n) is 1.93. The number of nitrogens with zero attached hydrogens (tertiary/aromatic N) is 3. The summed E-state index contributed by atoms with van der Waals surface area (Å²) in [6.07, 6.45) is 3.58. The maximum atomic E-state index is 12.3. The van der Waals surface area contributed by atoms with E-state index in [1.54, 1.807) is 16.9 Å². The molecule has 2 aromatic heterocycles. The van der Waals surface area contributed by atoms with Gasteiger partial charge in [-0.1, -0.05) is 0 Å². The van der Waals surface area contributed by atoms with Crippen LogP contribution < -0.4 is 5.32 Å². The van der Waals surface area contributed by atoms with Gasteiger partial charge in [-0.25, -0.2) is 4.68 Å². The molecule has 2 rings (SSSR count). The van der Waals surface area contributed by atoms with Gasteiger partial charge in [0.1, 0.15) is 11.5 Å². The van der Waals surface area contributed by atoms with Crippen LogP contribution in [-0.4, -0.2) is 20.3 Å². The quantitative estimate of drug-likeness (QED) is 0.938. The van der Waals surface area contributed by atoms with E-state index in [-0.39, 0.29) is 11.9 Å². The normalized spacial score (nSPS) is 11.0. The summed E-state index contributed by atoms with van der Waals surface area (Å²) >= 11 is 3.39. The maximum Gasteiger partial charge on any atom is 0.273 e. The van der Waals surface area contributed by atoms with Crippen molar-refractivity contribution in [3.8, 4) is 0 Å². The number of rotatable bonds is 4. The van der Waals surface area contributed by atoms with Crippen molar-refractivity contribution in [2.24, 2.45) is 0 Å². The molecule has 2 heterocycles. The van der Waals surface area contributed by atoms with Crippen molar-refractivity contribution in [3.05, 3.63) is 34.7 Å². The van der Waals surface area contributed by atoms with Crippen LogP contribution in [0.15, 0.2) is 29.0 Å². The number of carbonyl (C=O) groups is 1. The smallest absolute Gasteiger partial charge is 0.273 e. The summed E-state index contributed by atoms with van der Waals surface area (Å²) in [5.74, 6) is 0.579. The molecule has 5 nitrogen and oxygen atoms in total. The Morgan fingerprint density at radius 2 is 2.26 bits per heavy atom. The summed E-state index contributed by atoms with van der Waals surface area (Å²) in [5.41, 5.74) is 0.630. The molecule has 1 amide bonds. The lowest BCUT2D eigenvalue weighted by molar-refractivity contribution is 0.101. The summed E-state index contributed by atoms with van der Waals surface area (Å²) in [6, 6.07) is 3.82. The molecule has 0 bridgehead atoms. The molecule has 0 fully saturated rings. The summed E-state index contributed by atoms with van der Waals surface area (Å²) < 4.78 is 4.58. The van der Waals surface area contributed by atoms with Crippen molar-refractivity contribution in [1.82, 2.24) is 14.3 Å². The van der Waals surface area contributed by atoms with E-state index in [2.05, 4.69) is 26.3 Å². The van der Waals surface area contributed by atoms with Gasteiger partial charge in [0.25, 0.3) is 5.91 Å². The number of aryl methyl sites for hydroxylation is 1. The Kier molecular flexibility index (Phi) is 4.09. The Hall–Kier alpha value is -1.56. The number of hydrogen-bond acceptors (Lipinski definition) is 2. The number of hydrogen-bond donors (Lipinski definition) is 1. The minimum absolute atomic E-state index is 0.130. The van der Waals surface area contributed by atoms with Crippen molar-refractivity contribution in [2.45, 2.75) is 33.4 Å². The van der Waals surface area contributed by atoms with Gasteiger partial charge in [0, 0.05) is 29.3 Å². The Morgan fingerprint density at radius 1 is 1.53 bits per heavy atom. The second-order valence-corrected chi connectivity index (χ2v) is 5.45. The van der Waals surface area contributed by atoms with E-state index in [9.17, 15) is 4.79 Å². The van der Waals surface area contributed by atoms with E-state index < -0.39 is 0 Å². The Morgan fingerprint density at radius 3 is 2.89 bits per heavy atom. The lowest BCUT2D eigenvalue weighted by Gasteiger charge is -2.12. The zero-order valence-electron chi connectivity index (χ0n) is 11.2. The Balaban J connectivity index is 2.23. The predicted octanol–water partition coefficient (Wildman–Crippen LogP) is 3.30. The average Bonchev–Trinajstić information content (AvgIpc) is 2.95. The van der Waals surface area contributed by atoms with Crippen LogP contribution in [-0.2, 0) is 6.54 Å². The average molecular weight is 325 g/mol. The lowest BCUT2D eigenvalue weighted by Crippen LogP contribution is -2.19. The fourth-order valence-corrected chi connectivity index (χ4v) is 2.40. The molecule has 1 N–H and O–H groups in total. The molecule has 0 aliphatic carbocycles. The molecule has 0 unspecified atom stereocenters. The molecule has 102 valence electrons. The highest BCUT2D eigenvalue weighted by Crippen LogP contribution is 2.18. The number of aromatic nitrogens is 3. The predicted molar refractivity (Wildman–Crippen MR) is 78.4 cm³/mol. The van der Waals surface area contributed by atoms with Gasteiger partial charge >= 0.3 is 0 Å². The third-order valence-electron chi connectivity index (χ3n) is 2.84. The minimum atomic E-state index is -0.130. The first-order valence-electron chi connectivity index (χ1n) is 6.23. The zero-order valence-corrected chi connectivity index (χ0v) is 12.8. The summed E-state index contributed by atoms with van der Waals surface area (Å²) in [7, 11) is 0. The van der Waals surface area contributed by atoms with Gasteiger partial charge < -0.3 is 9.88 Å². The summed E-state index contributed by atoms with van der Waals surface area (Å²) in [5, 5.41) is 7.09. The largest absolute Gasteiger partial charge is 0.343 e. The molecule has 2 aromatic rings. The van der Waals surface area contributed by atoms with Gasteiger partial charge in [-0.05, 0) is 42.8 Å². The van der Waals surface area contributed by atoms with Crippen molar-refractivity contribution < 1.29 is 4.79 Å². The molecule has 0 saturated heterocycles. The minimum Gasteiger partial charge on any atom is -0.343 e. The highest BCUT2D eigenvalue weighted by molar-refractivity contribution is 9.10. The van der Waals surface area contributed by atoms with Gasteiger partial charge in [0.2, 0.25) is 0 Å². The van der Waals surface area contributed by atoms with Gasteiger partial charge in [-0.15, -0.1) is 0 Å². The first-order valence-corrected chi connectivity index (χ1v) is 7.02. The van der Waals surface area contributed by atoms with Gasteiger partial charge in [-0.2, -0.15) is 5.10 Å². The van der Waals surface area contributed by atoms with E-state index in [1.165, 1.54) is 0 Å². The second kappa shape index (κ2) is 5.61. The number of amides is 1. The molecule has 19 heavy (non-hydrogen) atoms. The molecular formula is C13H17BrN4O. The van der Waals surface area contributed by atoms with Crippen LogP contribution >= 0.6 is 15.9 Å². The van der Waals surface area contributed by atoms with Crippen molar-refractivity contribution in [2.75, 3.05) is 5.32 Å². The van der Waals surface area contributed by atoms with Crippen LogP contribution in [0.1, 0.15) is 37.3 Å². The molecular weight excluding hydrogens is 308 g/mol. The third kappa shape index (κ3) is 2.89. The number of nitrogens with one attached hydrogen (secondary N) is 1. The number of halogens is 1. The van der Waals surface area contributed by atoms with Crippen LogP contribution in [0.2, 0.25) is 0 Å². The molecule has 0 aliphatic heterocycles. The van der Waals surface area contributed by atoms with E-state index in [0.717, 1.165) is 11.0 Å². The van der Waals surface area contributed by atoms with Crippen LogP contribution in [0.4, 0.5) is 5.82 Å². The van der Waals surface area contributed by atoms with Crippen molar-refractivity contribution in [1.29, 1.82) is 0 Å². The van der Waals surface area contributed by atoms with E-state index in [0.29, 0.717) is 11.5 Å². The van der Waals surface area contributed by atoms with Gasteiger partial charge in [0.15, 0.2) is 0 Å². The molecule has 0 aliphatic rings. The summed E-state index contributed by atoms with van der Waals surface area (Å²) in [6.45, 7) is 6.79. The molecule has 0 spiro atoms. The van der Waals surface area contributed by atoms with Crippen LogP contribution in [0.5, 0.6) is 0 Å². The van der Waals surface area contributed by atoms with E-state index >= 15 is 0 Å². The highest BCUT2D eigenvalue weighted by Gasteiger charge is 2.15. The second-order valence-electron chi connectivity index (χ2n) is 4.54.